The molecular weight excluding hydrogens is 320 g/mol. The molecule has 0 spiro atoms. The summed E-state index contributed by atoms with van der Waals surface area (Å²) in [5.41, 5.74) is 0.882. The molecule has 1 aromatic carbocycles. The van der Waals surface area contributed by atoms with Crippen LogP contribution in [0.1, 0.15) is 19.3 Å². The van der Waals surface area contributed by atoms with Gasteiger partial charge in [-0.15, -0.1) is 0 Å². The Balaban J connectivity index is 1.74. The van der Waals surface area contributed by atoms with Crippen molar-refractivity contribution in [1.82, 2.24) is 10.2 Å². The number of carbonyl (C=O) groups is 1. The number of nitrogens with zero attached hydrogens (tertiary/aromatic N) is 3. The Morgan fingerprint density at radius 1 is 1.24 bits per heavy atom. The molecule has 0 bridgehead atoms. The molecule has 1 saturated heterocycles. The Morgan fingerprint density at radius 3 is 2.60 bits per heavy atom. The number of anilines is 1. The normalized spacial score (nSPS) is 15.2. The van der Waals surface area contributed by atoms with Crippen molar-refractivity contribution in [2.24, 2.45) is 4.99 Å². The Kier molecular flexibility index (Phi) is 7.37. The number of methoxy groups -OCH3 is 1. The third kappa shape index (κ3) is 5.55. The number of hydrogen-bond acceptors (Lipinski definition) is 5. The predicted molar refractivity (Wildman–Crippen MR) is 99.1 cm³/mol. The van der Waals surface area contributed by atoms with Crippen LogP contribution in [0.2, 0.25) is 0 Å². The number of aromatic hydroxyl groups is 1. The largest absolute Gasteiger partial charge is 0.506 e. The second-order valence-corrected chi connectivity index (χ2v) is 5.97. The number of guanidine groups is 1. The summed E-state index contributed by atoms with van der Waals surface area (Å²) >= 11 is 0. The second-order valence-electron chi connectivity index (χ2n) is 5.97. The molecular formula is C18H28N4O3. The summed E-state index contributed by atoms with van der Waals surface area (Å²) in [4.78, 5) is 19.8. The van der Waals surface area contributed by atoms with Crippen LogP contribution in [0, 0.1) is 0 Å². The van der Waals surface area contributed by atoms with Gasteiger partial charge in [0.1, 0.15) is 5.75 Å². The van der Waals surface area contributed by atoms with Gasteiger partial charge < -0.3 is 25.0 Å². The number of aliphatic imine (C=N–C) groups is 1. The number of nitrogens with one attached hydrogen (secondary N) is 1. The number of hydrogen-bond donors (Lipinski definition) is 2. The molecule has 1 aliphatic rings. The number of esters is 1. The van der Waals surface area contributed by atoms with Crippen molar-refractivity contribution in [3.63, 3.8) is 0 Å². The third-order valence-corrected chi connectivity index (χ3v) is 4.33. The van der Waals surface area contributed by atoms with Crippen molar-refractivity contribution >= 4 is 17.6 Å². The molecule has 1 heterocycles. The van der Waals surface area contributed by atoms with E-state index in [0.29, 0.717) is 12.2 Å². The van der Waals surface area contributed by atoms with E-state index in [-0.39, 0.29) is 5.97 Å². The molecule has 0 aliphatic carbocycles. The minimum Gasteiger partial charge on any atom is -0.506 e. The molecule has 2 N–H and O–H groups in total. The molecule has 0 amide bonds. The number of carbonyl (C=O) groups excluding carboxylic acids is 1. The number of piperazine rings is 1. The first-order chi connectivity index (χ1) is 12.2. The standard InChI is InChI=1S/C18H28N4O3/c1-19-18(20-10-6-5-9-17(24)25-2)22-13-11-21(12-14-22)15-7-3-4-8-16(15)23/h3-4,7-8,23H,5-6,9-14H2,1-2H3,(H,19,20). The maximum absolute atomic E-state index is 11.1. The van der Waals surface area contributed by atoms with Gasteiger partial charge in [0.2, 0.25) is 0 Å². The van der Waals surface area contributed by atoms with Gasteiger partial charge in [-0.3, -0.25) is 9.79 Å². The predicted octanol–water partition coefficient (Wildman–Crippen LogP) is 1.43. The Bertz CT molecular complexity index is 583. The molecule has 1 aliphatic heterocycles. The number of unbranched alkanes of at least 4 members (excludes halogenated alkanes) is 1. The lowest BCUT2D eigenvalue weighted by Crippen LogP contribution is -2.52. The van der Waals surface area contributed by atoms with Gasteiger partial charge in [-0.1, -0.05) is 12.1 Å². The SMILES string of the molecule is CN=C(NCCCCC(=O)OC)N1CCN(c2ccccc2O)CC1. The van der Waals surface area contributed by atoms with Crippen molar-refractivity contribution in [2.75, 3.05) is 51.8 Å². The van der Waals surface area contributed by atoms with Crippen LogP contribution in [0.3, 0.4) is 0 Å². The van der Waals surface area contributed by atoms with Gasteiger partial charge in [-0.25, -0.2) is 0 Å². The number of para-hydroxylation sites is 2. The lowest BCUT2D eigenvalue weighted by atomic mass is 10.2. The molecule has 1 fully saturated rings. The summed E-state index contributed by atoms with van der Waals surface area (Å²) < 4.78 is 4.64. The highest BCUT2D eigenvalue weighted by molar-refractivity contribution is 5.80. The zero-order valence-corrected chi connectivity index (χ0v) is 15.1. The molecule has 0 unspecified atom stereocenters. The average Bonchev–Trinajstić information content (AvgIpc) is 2.65. The fourth-order valence-corrected chi connectivity index (χ4v) is 2.92. The number of benzene rings is 1. The molecule has 0 radical (unpaired) electrons. The summed E-state index contributed by atoms with van der Waals surface area (Å²) in [6.45, 7) is 4.14. The summed E-state index contributed by atoms with van der Waals surface area (Å²) in [6.07, 6.45) is 2.15. The van der Waals surface area contributed by atoms with Crippen molar-refractivity contribution in [2.45, 2.75) is 19.3 Å². The third-order valence-electron chi connectivity index (χ3n) is 4.33. The number of phenols is 1. The van der Waals surface area contributed by atoms with Crippen molar-refractivity contribution in [3.8, 4) is 5.75 Å². The van der Waals surface area contributed by atoms with Gasteiger partial charge in [0.05, 0.1) is 12.8 Å². The zero-order valence-electron chi connectivity index (χ0n) is 15.1. The Labute approximate surface area is 149 Å². The van der Waals surface area contributed by atoms with E-state index in [2.05, 4.69) is 24.8 Å². The monoisotopic (exact) mass is 348 g/mol. The van der Waals surface area contributed by atoms with Crippen LogP contribution >= 0.6 is 0 Å². The van der Waals surface area contributed by atoms with E-state index in [1.807, 2.05) is 18.2 Å². The van der Waals surface area contributed by atoms with Crippen LogP contribution < -0.4 is 10.2 Å². The van der Waals surface area contributed by atoms with Crippen LogP contribution in [0.15, 0.2) is 29.3 Å². The van der Waals surface area contributed by atoms with Gasteiger partial charge in [0.15, 0.2) is 5.96 Å². The van der Waals surface area contributed by atoms with Crippen LogP contribution in [0.25, 0.3) is 0 Å². The molecule has 0 atom stereocenters. The quantitative estimate of drug-likeness (QED) is 0.351. The molecule has 138 valence electrons. The van der Waals surface area contributed by atoms with Gasteiger partial charge in [0.25, 0.3) is 0 Å². The highest BCUT2D eigenvalue weighted by atomic mass is 16.5. The van der Waals surface area contributed by atoms with Crippen LogP contribution in [0.4, 0.5) is 5.69 Å². The average molecular weight is 348 g/mol. The minimum absolute atomic E-state index is 0.162. The van der Waals surface area contributed by atoms with Crippen LogP contribution in [0.5, 0.6) is 5.75 Å². The number of phenolic OH excluding ortho intramolecular Hbond substituents is 1. The Morgan fingerprint density at radius 2 is 1.96 bits per heavy atom. The minimum atomic E-state index is -0.162. The molecule has 25 heavy (non-hydrogen) atoms. The van der Waals surface area contributed by atoms with E-state index in [0.717, 1.165) is 57.2 Å². The van der Waals surface area contributed by atoms with E-state index < -0.39 is 0 Å². The van der Waals surface area contributed by atoms with Crippen molar-refractivity contribution < 1.29 is 14.6 Å². The fraction of sp³-hybridized carbons (Fsp3) is 0.556. The summed E-state index contributed by atoms with van der Waals surface area (Å²) in [5.74, 6) is 1.05. The molecule has 0 aromatic heterocycles. The van der Waals surface area contributed by atoms with Crippen LogP contribution in [-0.4, -0.2) is 68.8 Å². The first-order valence-electron chi connectivity index (χ1n) is 8.71. The second kappa shape index (κ2) is 9.76. The molecule has 2 rings (SSSR count). The van der Waals surface area contributed by atoms with E-state index >= 15 is 0 Å². The first-order valence-corrected chi connectivity index (χ1v) is 8.71. The first kappa shape index (κ1) is 18.9. The van der Waals surface area contributed by atoms with Gasteiger partial charge in [-0.05, 0) is 25.0 Å². The smallest absolute Gasteiger partial charge is 0.305 e. The summed E-state index contributed by atoms with van der Waals surface area (Å²) in [7, 11) is 3.20. The summed E-state index contributed by atoms with van der Waals surface area (Å²) in [5, 5.41) is 13.3. The highest BCUT2D eigenvalue weighted by Crippen LogP contribution is 2.27. The molecule has 7 nitrogen and oxygen atoms in total. The maximum Gasteiger partial charge on any atom is 0.305 e. The lowest BCUT2D eigenvalue weighted by Gasteiger charge is -2.37. The van der Waals surface area contributed by atoms with E-state index in [1.54, 1.807) is 13.1 Å². The van der Waals surface area contributed by atoms with Crippen molar-refractivity contribution in [3.05, 3.63) is 24.3 Å². The Hall–Kier alpha value is -2.44. The van der Waals surface area contributed by atoms with E-state index in [9.17, 15) is 9.90 Å². The fourth-order valence-electron chi connectivity index (χ4n) is 2.92. The zero-order chi connectivity index (χ0) is 18.1. The lowest BCUT2D eigenvalue weighted by molar-refractivity contribution is -0.140. The molecule has 7 heteroatoms. The van der Waals surface area contributed by atoms with Crippen molar-refractivity contribution in [1.29, 1.82) is 0 Å². The number of ether oxygens (including phenoxy) is 1. The van der Waals surface area contributed by atoms with Gasteiger partial charge in [0, 0.05) is 46.2 Å². The van der Waals surface area contributed by atoms with E-state index in [1.165, 1.54) is 7.11 Å². The summed E-state index contributed by atoms with van der Waals surface area (Å²) in [6, 6.07) is 7.44. The molecule has 1 aromatic rings. The van der Waals surface area contributed by atoms with Crippen LogP contribution in [-0.2, 0) is 9.53 Å². The maximum atomic E-state index is 11.1. The van der Waals surface area contributed by atoms with E-state index in [4.69, 9.17) is 0 Å². The topological polar surface area (TPSA) is 77.4 Å². The number of rotatable bonds is 6. The highest BCUT2D eigenvalue weighted by Gasteiger charge is 2.21. The van der Waals surface area contributed by atoms with Gasteiger partial charge >= 0.3 is 5.97 Å². The van der Waals surface area contributed by atoms with Gasteiger partial charge in [-0.2, -0.15) is 0 Å². The molecule has 0 saturated carbocycles.